The van der Waals surface area contributed by atoms with Crippen LogP contribution < -0.4 is 5.32 Å². The molecule has 5 heteroatoms. The van der Waals surface area contributed by atoms with Gasteiger partial charge in [0.2, 0.25) is 0 Å². The van der Waals surface area contributed by atoms with Crippen molar-refractivity contribution in [1.29, 1.82) is 5.26 Å². The van der Waals surface area contributed by atoms with E-state index in [4.69, 9.17) is 5.26 Å². The summed E-state index contributed by atoms with van der Waals surface area (Å²) in [4.78, 5) is 13.3. The summed E-state index contributed by atoms with van der Waals surface area (Å²) >= 11 is 2.76. The number of hydrogen-bond donors (Lipinski definition) is 1. The van der Waals surface area contributed by atoms with E-state index in [1.54, 1.807) is 6.07 Å². The monoisotopic (exact) mass is 266 g/mol. The lowest BCUT2D eigenvalue weighted by molar-refractivity contribution is -0.111. The molecule has 0 atom stereocenters. The largest absolute Gasteiger partial charge is 0.314 e. The molecule has 0 aliphatic heterocycles. The molecule has 3 nitrogen and oxygen atoms in total. The van der Waals surface area contributed by atoms with E-state index < -0.39 is 11.7 Å². The SMILES string of the molecule is N#Cc1cc(F)ccc1NC(=O)C#CBr. The van der Waals surface area contributed by atoms with Crippen LogP contribution in [0.3, 0.4) is 0 Å². The van der Waals surface area contributed by atoms with Gasteiger partial charge in [0.05, 0.1) is 11.3 Å². The summed E-state index contributed by atoms with van der Waals surface area (Å²) in [7, 11) is 0. The lowest BCUT2D eigenvalue weighted by atomic mass is 10.2. The minimum absolute atomic E-state index is 0.0553. The summed E-state index contributed by atoms with van der Waals surface area (Å²) in [5.41, 5.74) is 0.291. The molecule has 0 aliphatic carbocycles. The lowest BCUT2D eigenvalue weighted by Crippen LogP contribution is -2.09. The van der Waals surface area contributed by atoms with Gasteiger partial charge >= 0.3 is 5.91 Å². The molecular formula is C10H4BrFN2O. The molecule has 0 aromatic heterocycles. The number of nitrogens with one attached hydrogen (secondary N) is 1. The van der Waals surface area contributed by atoms with E-state index in [1.165, 1.54) is 6.07 Å². The Kier molecular flexibility index (Phi) is 3.84. The first-order valence-corrected chi connectivity index (χ1v) is 4.59. The maximum absolute atomic E-state index is 12.7. The fourth-order valence-corrected chi connectivity index (χ4v) is 1.09. The molecule has 1 N–H and O–H groups in total. The van der Waals surface area contributed by atoms with Crippen molar-refractivity contribution in [1.82, 2.24) is 0 Å². The van der Waals surface area contributed by atoms with E-state index in [9.17, 15) is 9.18 Å². The average molecular weight is 267 g/mol. The summed E-state index contributed by atoms with van der Waals surface area (Å²) in [6.07, 6.45) is 0. The van der Waals surface area contributed by atoms with Gasteiger partial charge in [0.1, 0.15) is 11.9 Å². The summed E-state index contributed by atoms with van der Waals surface area (Å²) < 4.78 is 12.7. The minimum Gasteiger partial charge on any atom is -0.314 e. The third-order valence-corrected chi connectivity index (χ3v) is 1.71. The third kappa shape index (κ3) is 3.08. The molecule has 15 heavy (non-hydrogen) atoms. The Hall–Kier alpha value is -1.85. The van der Waals surface area contributed by atoms with Crippen molar-refractivity contribution in [2.45, 2.75) is 0 Å². The van der Waals surface area contributed by atoms with Crippen LogP contribution in [0, 0.1) is 27.9 Å². The predicted molar refractivity (Wildman–Crippen MR) is 56.4 cm³/mol. The number of carbonyl (C=O) groups excluding carboxylic acids is 1. The molecule has 0 bridgehead atoms. The number of amides is 1. The van der Waals surface area contributed by atoms with E-state index in [0.717, 1.165) is 12.1 Å². The van der Waals surface area contributed by atoms with Crippen LogP contribution >= 0.6 is 15.9 Å². The Labute approximate surface area is 94.0 Å². The molecule has 74 valence electrons. The van der Waals surface area contributed by atoms with Gasteiger partial charge in [0.15, 0.2) is 0 Å². The van der Waals surface area contributed by atoms with Gasteiger partial charge in [-0.2, -0.15) is 5.26 Å². The van der Waals surface area contributed by atoms with Crippen molar-refractivity contribution in [3.05, 3.63) is 29.6 Å². The zero-order valence-corrected chi connectivity index (χ0v) is 8.93. The first kappa shape index (κ1) is 11.2. The second-order valence-corrected chi connectivity index (χ2v) is 2.87. The van der Waals surface area contributed by atoms with Gasteiger partial charge in [0.25, 0.3) is 0 Å². The second kappa shape index (κ2) is 5.14. The van der Waals surface area contributed by atoms with Gasteiger partial charge in [-0.1, -0.05) is 0 Å². The molecular weight excluding hydrogens is 263 g/mol. The maximum Gasteiger partial charge on any atom is 0.301 e. The molecule has 0 radical (unpaired) electrons. The van der Waals surface area contributed by atoms with Crippen molar-refractivity contribution >= 4 is 27.5 Å². The van der Waals surface area contributed by atoms with Crippen LogP contribution in [0.2, 0.25) is 0 Å². The lowest BCUT2D eigenvalue weighted by Gasteiger charge is -2.02. The van der Waals surface area contributed by atoms with E-state index in [1.807, 2.05) is 0 Å². The normalized spacial score (nSPS) is 8.33. The highest BCUT2D eigenvalue weighted by Gasteiger charge is 2.05. The van der Waals surface area contributed by atoms with E-state index in [0.29, 0.717) is 0 Å². The highest BCUT2D eigenvalue weighted by Crippen LogP contribution is 2.15. The molecule has 1 aromatic carbocycles. The maximum atomic E-state index is 12.7. The van der Waals surface area contributed by atoms with Crippen LogP contribution in [0.4, 0.5) is 10.1 Å². The highest BCUT2D eigenvalue weighted by atomic mass is 79.9. The fourth-order valence-electron chi connectivity index (χ4n) is 0.914. The van der Waals surface area contributed by atoms with Crippen molar-refractivity contribution in [2.75, 3.05) is 5.32 Å². The zero-order valence-electron chi connectivity index (χ0n) is 7.34. The van der Waals surface area contributed by atoms with Gasteiger partial charge in [-0.05, 0) is 23.0 Å². The van der Waals surface area contributed by atoms with Gasteiger partial charge in [-0.3, -0.25) is 4.79 Å². The number of halogens is 2. The van der Waals surface area contributed by atoms with Crippen LogP contribution in [0.15, 0.2) is 18.2 Å². The van der Waals surface area contributed by atoms with Crippen molar-refractivity contribution in [3.63, 3.8) is 0 Å². The van der Waals surface area contributed by atoms with E-state index >= 15 is 0 Å². The number of hydrogen-bond acceptors (Lipinski definition) is 2. The molecule has 0 fully saturated rings. The summed E-state index contributed by atoms with van der Waals surface area (Å²) in [6, 6.07) is 5.27. The summed E-state index contributed by atoms with van der Waals surface area (Å²) in [5.74, 6) is 1.07. The van der Waals surface area contributed by atoms with Crippen molar-refractivity contribution < 1.29 is 9.18 Å². The molecule has 0 unspecified atom stereocenters. The molecule has 1 amide bonds. The summed E-state index contributed by atoms with van der Waals surface area (Å²) in [5, 5.41) is 11.0. The van der Waals surface area contributed by atoms with Crippen molar-refractivity contribution in [3.8, 4) is 16.8 Å². The summed E-state index contributed by atoms with van der Waals surface area (Å²) in [6.45, 7) is 0. The van der Waals surface area contributed by atoms with Crippen LogP contribution in [-0.2, 0) is 4.79 Å². The van der Waals surface area contributed by atoms with Gasteiger partial charge in [-0.15, -0.1) is 0 Å². The Morgan fingerprint density at radius 2 is 2.27 bits per heavy atom. The zero-order chi connectivity index (χ0) is 11.3. The van der Waals surface area contributed by atoms with Gasteiger partial charge in [-0.25, -0.2) is 4.39 Å². The fraction of sp³-hybridized carbons (Fsp3) is 0. The Morgan fingerprint density at radius 3 is 2.87 bits per heavy atom. The Balaban J connectivity index is 2.99. The molecule has 0 aliphatic rings. The molecule has 0 saturated carbocycles. The molecule has 1 aromatic rings. The second-order valence-electron chi connectivity index (χ2n) is 2.48. The standard InChI is InChI=1S/C10H4BrFN2O/c11-4-3-10(15)14-9-2-1-8(12)5-7(9)6-13/h1-2,5H,(H,14,15). The number of carbonyl (C=O) groups is 1. The number of rotatable bonds is 1. The topological polar surface area (TPSA) is 52.9 Å². The first-order chi connectivity index (χ1) is 7.17. The van der Waals surface area contributed by atoms with E-state index in [-0.39, 0.29) is 11.3 Å². The quantitative estimate of drug-likeness (QED) is 0.791. The van der Waals surface area contributed by atoms with Gasteiger partial charge < -0.3 is 5.32 Å². The van der Waals surface area contributed by atoms with Crippen LogP contribution in [0.5, 0.6) is 0 Å². The predicted octanol–water partition coefficient (Wildman–Crippen LogP) is 1.99. The number of nitriles is 1. The average Bonchev–Trinajstić information content (AvgIpc) is 2.21. The third-order valence-electron chi connectivity index (χ3n) is 1.51. The van der Waals surface area contributed by atoms with E-state index in [2.05, 4.69) is 32.0 Å². The highest BCUT2D eigenvalue weighted by molar-refractivity contribution is 9.12. The Morgan fingerprint density at radius 1 is 1.53 bits per heavy atom. The van der Waals surface area contributed by atoms with Crippen LogP contribution in [0.1, 0.15) is 5.56 Å². The van der Waals surface area contributed by atoms with Crippen LogP contribution in [-0.4, -0.2) is 5.91 Å². The van der Waals surface area contributed by atoms with Gasteiger partial charge in [0, 0.05) is 21.9 Å². The van der Waals surface area contributed by atoms with Crippen molar-refractivity contribution in [2.24, 2.45) is 0 Å². The molecule has 0 saturated heterocycles. The number of anilines is 1. The Bertz CT molecular complexity index is 496. The van der Waals surface area contributed by atoms with Crippen LogP contribution in [0.25, 0.3) is 0 Å². The minimum atomic E-state index is -0.574. The number of benzene rings is 1. The number of nitrogens with zero attached hydrogens (tertiary/aromatic N) is 1. The first-order valence-electron chi connectivity index (χ1n) is 3.79. The molecule has 0 heterocycles. The molecule has 0 spiro atoms. The smallest absolute Gasteiger partial charge is 0.301 e. The molecule has 1 rings (SSSR count).